The zero-order valence-corrected chi connectivity index (χ0v) is 16.9. The van der Waals surface area contributed by atoms with Gasteiger partial charge in [-0.3, -0.25) is 4.79 Å². The molecule has 2 unspecified atom stereocenters. The fourth-order valence-electron chi connectivity index (χ4n) is 3.82. The predicted octanol–water partition coefficient (Wildman–Crippen LogP) is 2.71. The quantitative estimate of drug-likeness (QED) is 0.828. The number of rotatable bonds is 4. The summed E-state index contributed by atoms with van der Waals surface area (Å²) < 4.78 is 5.46. The third-order valence-corrected chi connectivity index (χ3v) is 5.05. The topological polar surface area (TPSA) is 87.1 Å². The molecule has 0 spiro atoms. The number of carbonyl (C=O) groups is 2. The molecule has 154 valence electrons. The predicted molar refractivity (Wildman–Crippen MR) is 108 cm³/mol. The Labute approximate surface area is 170 Å². The lowest BCUT2D eigenvalue weighted by Crippen LogP contribution is -2.58. The van der Waals surface area contributed by atoms with Crippen LogP contribution in [0, 0.1) is 0 Å². The van der Waals surface area contributed by atoms with Gasteiger partial charge in [0.1, 0.15) is 11.7 Å². The average molecular weight is 397 g/mol. The van der Waals surface area contributed by atoms with Crippen molar-refractivity contribution < 1.29 is 24.5 Å². The highest BCUT2D eigenvalue weighted by molar-refractivity contribution is 5.98. The van der Waals surface area contributed by atoms with Crippen LogP contribution in [-0.4, -0.2) is 50.5 Å². The summed E-state index contributed by atoms with van der Waals surface area (Å²) in [5, 5.41) is 21.4. The minimum atomic E-state index is -1.70. The SMILES string of the molecule is CC(C)(C)OC(=O)N1C(=O)C(O)C(O)C1(Cc1ccccc1)Cc1ccccc1. The fraction of sp³-hybridized carbons (Fsp3) is 0.391. The lowest BCUT2D eigenvalue weighted by molar-refractivity contribution is -0.136. The summed E-state index contributed by atoms with van der Waals surface area (Å²) in [5.41, 5.74) is -0.543. The standard InChI is InChI=1S/C23H27NO5/c1-22(2,3)29-21(28)24-20(27)18(25)19(26)23(24,14-16-10-6-4-7-11-16)15-17-12-8-5-9-13-17/h4-13,18-19,25-26H,14-15H2,1-3H3. The maximum atomic E-state index is 13.0. The summed E-state index contributed by atoms with van der Waals surface area (Å²) >= 11 is 0. The Hall–Kier alpha value is -2.70. The molecule has 1 fully saturated rings. The Morgan fingerprint density at radius 3 is 1.83 bits per heavy atom. The fourth-order valence-corrected chi connectivity index (χ4v) is 3.82. The molecule has 0 aromatic heterocycles. The van der Waals surface area contributed by atoms with Gasteiger partial charge in [-0.2, -0.15) is 0 Å². The van der Waals surface area contributed by atoms with Crippen LogP contribution in [-0.2, 0) is 22.4 Å². The maximum Gasteiger partial charge on any atom is 0.417 e. The van der Waals surface area contributed by atoms with E-state index in [9.17, 15) is 19.8 Å². The monoisotopic (exact) mass is 397 g/mol. The smallest absolute Gasteiger partial charge is 0.417 e. The van der Waals surface area contributed by atoms with E-state index in [2.05, 4.69) is 0 Å². The van der Waals surface area contributed by atoms with Crippen LogP contribution < -0.4 is 0 Å². The van der Waals surface area contributed by atoms with Crippen molar-refractivity contribution in [2.24, 2.45) is 0 Å². The molecule has 29 heavy (non-hydrogen) atoms. The van der Waals surface area contributed by atoms with Crippen LogP contribution in [0.15, 0.2) is 60.7 Å². The van der Waals surface area contributed by atoms with Gasteiger partial charge in [-0.25, -0.2) is 9.69 Å². The number of hydrogen-bond donors (Lipinski definition) is 2. The number of amides is 2. The molecule has 3 rings (SSSR count). The largest absolute Gasteiger partial charge is 0.443 e. The molecule has 2 atom stereocenters. The van der Waals surface area contributed by atoms with E-state index in [1.807, 2.05) is 60.7 Å². The lowest BCUT2D eigenvalue weighted by Gasteiger charge is -2.40. The average Bonchev–Trinajstić information content (AvgIpc) is 2.83. The van der Waals surface area contributed by atoms with Crippen molar-refractivity contribution in [3.8, 4) is 0 Å². The van der Waals surface area contributed by atoms with E-state index < -0.39 is 35.3 Å². The van der Waals surface area contributed by atoms with E-state index in [-0.39, 0.29) is 12.8 Å². The molecule has 6 heteroatoms. The molecule has 0 aliphatic carbocycles. The summed E-state index contributed by atoms with van der Waals surface area (Å²) in [4.78, 5) is 26.8. The molecule has 2 aromatic rings. The van der Waals surface area contributed by atoms with Crippen molar-refractivity contribution in [1.29, 1.82) is 0 Å². The van der Waals surface area contributed by atoms with Gasteiger partial charge in [0.15, 0.2) is 6.10 Å². The zero-order valence-electron chi connectivity index (χ0n) is 16.9. The molecular formula is C23H27NO5. The number of imide groups is 1. The summed E-state index contributed by atoms with van der Waals surface area (Å²) in [6.07, 6.45) is -3.65. The number of ether oxygens (including phenoxy) is 1. The van der Waals surface area contributed by atoms with E-state index in [0.717, 1.165) is 16.0 Å². The number of likely N-dealkylation sites (tertiary alicyclic amines) is 1. The van der Waals surface area contributed by atoms with Crippen LogP contribution in [0.5, 0.6) is 0 Å². The summed E-state index contributed by atoms with van der Waals surface area (Å²) in [6.45, 7) is 5.11. The Kier molecular flexibility index (Phi) is 5.78. The van der Waals surface area contributed by atoms with Crippen molar-refractivity contribution >= 4 is 12.0 Å². The molecule has 0 bridgehead atoms. The van der Waals surface area contributed by atoms with Crippen molar-refractivity contribution in [3.05, 3.63) is 71.8 Å². The van der Waals surface area contributed by atoms with Crippen molar-refractivity contribution in [3.63, 3.8) is 0 Å². The minimum absolute atomic E-state index is 0.186. The van der Waals surface area contributed by atoms with E-state index in [4.69, 9.17) is 4.74 Å². The van der Waals surface area contributed by atoms with Gasteiger partial charge in [-0.15, -0.1) is 0 Å². The van der Waals surface area contributed by atoms with Gasteiger partial charge >= 0.3 is 6.09 Å². The van der Waals surface area contributed by atoms with Crippen LogP contribution in [0.25, 0.3) is 0 Å². The van der Waals surface area contributed by atoms with Crippen molar-refractivity contribution in [1.82, 2.24) is 4.90 Å². The number of hydrogen-bond acceptors (Lipinski definition) is 5. The molecule has 1 heterocycles. The minimum Gasteiger partial charge on any atom is -0.443 e. The number of aliphatic hydroxyl groups is 2. The van der Waals surface area contributed by atoms with Gasteiger partial charge in [-0.05, 0) is 44.7 Å². The van der Waals surface area contributed by atoms with Gasteiger partial charge in [0, 0.05) is 0 Å². The number of aliphatic hydroxyl groups excluding tert-OH is 2. The first-order valence-corrected chi connectivity index (χ1v) is 9.65. The van der Waals surface area contributed by atoms with E-state index >= 15 is 0 Å². The van der Waals surface area contributed by atoms with Gasteiger partial charge in [0.25, 0.3) is 5.91 Å². The van der Waals surface area contributed by atoms with Crippen molar-refractivity contribution in [2.75, 3.05) is 0 Å². The number of benzene rings is 2. The molecule has 1 saturated heterocycles. The molecule has 2 aromatic carbocycles. The second-order valence-corrected chi connectivity index (χ2v) is 8.47. The van der Waals surface area contributed by atoms with Crippen molar-refractivity contribution in [2.45, 2.75) is 57.0 Å². The van der Waals surface area contributed by atoms with Gasteiger partial charge in [0.2, 0.25) is 0 Å². The Morgan fingerprint density at radius 2 is 1.41 bits per heavy atom. The van der Waals surface area contributed by atoms with Crippen LogP contribution in [0.2, 0.25) is 0 Å². The van der Waals surface area contributed by atoms with Gasteiger partial charge in [0.05, 0.1) is 5.54 Å². The Balaban J connectivity index is 2.10. The molecular weight excluding hydrogens is 370 g/mol. The zero-order chi connectivity index (χ0) is 21.2. The molecule has 2 N–H and O–H groups in total. The van der Waals surface area contributed by atoms with Crippen LogP contribution >= 0.6 is 0 Å². The highest BCUT2D eigenvalue weighted by Crippen LogP contribution is 2.38. The van der Waals surface area contributed by atoms with Crippen LogP contribution in [0.3, 0.4) is 0 Å². The number of carbonyl (C=O) groups excluding carboxylic acids is 2. The van der Waals surface area contributed by atoms with Crippen LogP contribution in [0.1, 0.15) is 31.9 Å². The summed E-state index contributed by atoms with van der Waals surface area (Å²) in [5.74, 6) is -0.849. The normalized spacial score (nSPS) is 21.3. The number of nitrogens with zero attached hydrogens (tertiary/aromatic N) is 1. The first-order valence-electron chi connectivity index (χ1n) is 9.65. The summed E-state index contributed by atoms with van der Waals surface area (Å²) in [6, 6.07) is 18.6. The maximum absolute atomic E-state index is 13.0. The second kappa shape index (κ2) is 7.97. The lowest BCUT2D eigenvalue weighted by atomic mass is 9.80. The molecule has 1 aliphatic heterocycles. The highest BCUT2D eigenvalue weighted by atomic mass is 16.6. The van der Waals surface area contributed by atoms with E-state index in [1.54, 1.807) is 20.8 Å². The molecule has 1 aliphatic rings. The summed E-state index contributed by atoms with van der Waals surface area (Å²) in [7, 11) is 0. The van der Waals surface area contributed by atoms with Crippen LogP contribution in [0.4, 0.5) is 4.79 Å². The molecule has 6 nitrogen and oxygen atoms in total. The first-order chi connectivity index (χ1) is 13.6. The highest BCUT2D eigenvalue weighted by Gasteiger charge is 2.61. The third-order valence-electron chi connectivity index (χ3n) is 5.05. The Morgan fingerprint density at radius 1 is 0.966 bits per heavy atom. The first kappa shape index (κ1) is 21.0. The van der Waals surface area contributed by atoms with Gasteiger partial charge < -0.3 is 14.9 Å². The van der Waals surface area contributed by atoms with Gasteiger partial charge in [-0.1, -0.05) is 60.7 Å². The Bertz CT molecular complexity index is 818. The van der Waals surface area contributed by atoms with E-state index in [0.29, 0.717) is 0 Å². The third kappa shape index (κ3) is 4.33. The molecule has 0 saturated carbocycles. The molecule has 0 radical (unpaired) electrons. The van der Waals surface area contributed by atoms with E-state index in [1.165, 1.54) is 0 Å². The second-order valence-electron chi connectivity index (χ2n) is 8.47. The molecule has 2 amide bonds.